The Morgan fingerprint density at radius 1 is 0.333 bits per heavy atom. The van der Waals surface area contributed by atoms with Crippen molar-refractivity contribution in [1.29, 1.82) is 0 Å². The first-order chi connectivity index (χ1) is 67.6. The van der Waals surface area contributed by atoms with Crippen LogP contribution in [-0.2, 0) is 132 Å². The van der Waals surface area contributed by atoms with Gasteiger partial charge in [0.05, 0.1) is 174 Å². The van der Waals surface area contributed by atoms with Gasteiger partial charge in [0.25, 0.3) is 11.1 Å². The Balaban J connectivity index is 0.829. The fourth-order valence-corrected chi connectivity index (χ4v) is 16.2. The van der Waals surface area contributed by atoms with Crippen LogP contribution in [0.1, 0.15) is 113 Å². The molecule has 0 aliphatic carbocycles. The van der Waals surface area contributed by atoms with Crippen molar-refractivity contribution < 1.29 is 85.4 Å². The van der Waals surface area contributed by atoms with Gasteiger partial charge in [0.2, 0.25) is 0 Å². The van der Waals surface area contributed by atoms with Gasteiger partial charge in [-0.15, -0.1) is 0 Å². The third kappa shape index (κ3) is 33.3. The van der Waals surface area contributed by atoms with E-state index in [4.69, 9.17) is 88.3 Å². The molecule has 0 bridgehead atoms. The fourth-order valence-electron chi connectivity index (χ4n) is 16.2. The Morgan fingerprint density at radius 3 is 0.775 bits per heavy atom. The van der Waals surface area contributed by atoms with Crippen LogP contribution in [0.5, 0.6) is 11.5 Å². The average molecular weight is 1880 g/mol. The van der Waals surface area contributed by atoms with E-state index in [-0.39, 0.29) is 192 Å². The molecule has 4 atom stereocenters. The summed E-state index contributed by atoms with van der Waals surface area (Å²) in [6, 6.07) is 92.2. The number of aryl methyl sites for hydroxylation is 2. The number of nitrogens with two attached hydrogens (primary N) is 3. The average Bonchev–Trinajstić information content (AvgIpc) is 0.779. The van der Waals surface area contributed by atoms with Crippen LogP contribution in [0.3, 0.4) is 0 Å². The number of pyridine rings is 2. The molecular formula is C112H128N6O20. The van der Waals surface area contributed by atoms with E-state index in [1.165, 1.54) is 14.0 Å². The summed E-state index contributed by atoms with van der Waals surface area (Å²) in [4.78, 5) is 80.8. The minimum absolute atomic E-state index is 0.0290. The Hall–Kier alpha value is -12.1. The van der Waals surface area contributed by atoms with Gasteiger partial charge in [-0.2, -0.15) is 0 Å². The van der Waals surface area contributed by atoms with Crippen molar-refractivity contribution in [1.82, 2.24) is 14.0 Å². The second-order valence-electron chi connectivity index (χ2n) is 34.4. The normalized spacial score (nSPS) is 13.9. The van der Waals surface area contributed by atoms with Gasteiger partial charge in [-0.3, -0.25) is 28.9 Å². The second kappa shape index (κ2) is 56.7. The minimum atomic E-state index is -1.60. The fraction of sp³-hybridized carbons (Fsp3) is 0.348. The number of carbonyl (C=O) groups is 3. The van der Waals surface area contributed by atoms with E-state index in [1.54, 1.807) is 26.0 Å². The zero-order valence-corrected chi connectivity index (χ0v) is 78.6. The molecule has 13 rings (SSSR count). The highest BCUT2D eigenvalue weighted by Gasteiger charge is 2.40. The predicted molar refractivity (Wildman–Crippen MR) is 526 cm³/mol. The monoisotopic (exact) mass is 1880 g/mol. The Kier molecular flexibility index (Phi) is 42.4. The molecule has 1 fully saturated rings. The number of ketones is 2. The molecule has 726 valence electrons. The first-order valence-electron chi connectivity index (χ1n) is 47.1. The van der Waals surface area contributed by atoms with Crippen molar-refractivity contribution >= 4 is 17.5 Å². The van der Waals surface area contributed by atoms with Crippen LogP contribution < -0.4 is 37.8 Å². The van der Waals surface area contributed by atoms with Gasteiger partial charge in [0, 0.05) is 30.5 Å². The molecule has 0 radical (unpaired) electrons. The zero-order valence-electron chi connectivity index (χ0n) is 78.6. The molecule has 10 aromatic carbocycles. The van der Waals surface area contributed by atoms with Crippen molar-refractivity contribution in [3.63, 3.8) is 0 Å². The summed E-state index contributed by atoms with van der Waals surface area (Å²) in [5, 5.41) is 0. The predicted octanol–water partition coefficient (Wildman–Crippen LogP) is 15.2. The van der Waals surface area contributed by atoms with Crippen molar-refractivity contribution in [3.05, 3.63) is 414 Å². The summed E-state index contributed by atoms with van der Waals surface area (Å²) in [7, 11) is 0. The Labute approximate surface area is 808 Å². The molecule has 26 heteroatoms. The summed E-state index contributed by atoms with van der Waals surface area (Å²) >= 11 is 0. The van der Waals surface area contributed by atoms with Crippen LogP contribution in [0.15, 0.2) is 325 Å². The Morgan fingerprint density at radius 2 is 0.551 bits per heavy atom. The molecule has 1 aliphatic heterocycles. The van der Waals surface area contributed by atoms with Gasteiger partial charge in [0.15, 0.2) is 23.1 Å². The number of cyclic esters (lactones) is 1. The molecule has 0 spiro atoms. The lowest BCUT2D eigenvalue weighted by atomic mass is 9.97. The smallest absolute Gasteiger partial charge is 0.324 e. The first-order valence-corrected chi connectivity index (χ1v) is 47.1. The number of rotatable bonds is 61. The van der Waals surface area contributed by atoms with Gasteiger partial charge >= 0.3 is 5.97 Å². The van der Waals surface area contributed by atoms with Crippen LogP contribution in [0.4, 0.5) is 0 Å². The molecule has 3 heterocycles. The van der Waals surface area contributed by atoms with Crippen molar-refractivity contribution in [2.45, 2.75) is 153 Å². The van der Waals surface area contributed by atoms with Gasteiger partial charge in [-0.05, 0) is 94.5 Å². The third-order valence-corrected chi connectivity index (χ3v) is 23.4. The summed E-state index contributed by atoms with van der Waals surface area (Å²) in [6.07, 6.45) is -2.08. The molecule has 2 aromatic heterocycles. The number of ether oxygens (including phenoxy) is 15. The SMILES string of the molecule is Cc1cc(C(=O)C(N)CN(CC(N)C(=O)c2cc(C)n(C(COC(COCc3ccccc3)COCc3ccccc3)COC(COCc3ccccc3)COCc3ccccc3)c(=O)c2OCc2ccccc2)C2C(=O)OCCCC2N)c(OCc2ccccc2)c(=O)n1C(COC(COCc1ccccc1)COCc1ccccc1)COC(COCc1ccccc1)COCc1ccccc1. The summed E-state index contributed by atoms with van der Waals surface area (Å²) < 4.78 is 101. The number of hydrogen-bond acceptors (Lipinski definition) is 24. The van der Waals surface area contributed by atoms with Crippen molar-refractivity contribution in [3.8, 4) is 11.5 Å². The summed E-state index contributed by atoms with van der Waals surface area (Å²) in [5.41, 5.74) is 29.4. The van der Waals surface area contributed by atoms with Gasteiger partial charge in [0.1, 0.15) is 43.7 Å². The van der Waals surface area contributed by atoms with Gasteiger partial charge in [-0.25, -0.2) is 0 Å². The van der Waals surface area contributed by atoms with Crippen molar-refractivity contribution in [2.24, 2.45) is 17.2 Å². The van der Waals surface area contributed by atoms with Crippen LogP contribution in [0.25, 0.3) is 0 Å². The number of esters is 1. The van der Waals surface area contributed by atoms with E-state index in [0.717, 1.165) is 44.5 Å². The quantitative estimate of drug-likeness (QED) is 0.0235. The number of Topliss-reactive ketones (excluding diaryl/α,β-unsaturated/α-hetero) is 2. The molecule has 0 saturated carbocycles. The maximum atomic E-state index is 16.3. The number of benzene rings is 10. The molecule has 1 aliphatic rings. The number of hydrogen-bond donors (Lipinski definition) is 3. The molecular weight excluding hydrogens is 1750 g/mol. The highest BCUT2D eigenvalue weighted by molar-refractivity contribution is 6.03. The van der Waals surface area contributed by atoms with Crippen LogP contribution in [-0.4, -0.2) is 179 Å². The number of aromatic nitrogens is 2. The topological polar surface area (TPSA) is 315 Å². The van der Waals surface area contributed by atoms with E-state index in [2.05, 4.69) is 0 Å². The lowest BCUT2D eigenvalue weighted by Crippen LogP contribution is -2.59. The minimum Gasteiger partial charge on any atom is -0.482 e. The van der Waals surface area contributed by atoms with E-state index in [1.807, 2.05) is 303 Å². The molecule has 6 N–H and O–H groups in total. The van der Waals surface area contributed by atoms with E-state index < -0.39 is 102 Å². The third-order valence-electron chi connectivity index (χ3n) is 23.4. The molecule has 1 saturated heterocycles. The standard InChI is InChI=1S/C112H128N6O20/c1-82-56-100(108(137-68-92-50-29-11-30-51-92)110(121)117(82)94(70-133-96(74-124-60-84-34-13-3-14-35-84)75-125-61-85-36-15-4-16-37-85)71-134-97(76-126-62-86-38-17-5-18-39-86)77-127-63-87-40-19-6-20-41-87)106(119)103(114)58-116(105-102(113)54-33-55-132-112(105)123)59-104(115)107(120)101-57-83(2)118(111(122)109(101)138-69-93-52-31-12-32-53-93)95(72-135-98(78-128-64-88-42-21-7-22-43-88)79-129-65-89-44-23-8-24-45-89)73-136-99(80-130-66-90-46-25-9-26-47-90)81-131-67-91-48-27-10-28-49-91/h3-32,34-53,56-57,94-99,102-105H,33,54-55,58-81,113-115H2,1-2H3. The highest BCUT2D eigenvalue weighted by Crippen LogP contribution is 2.29. The highest BCUT2D eigenvalue weighted by atomic mass is 16.6. The summed E-state index contributed by atoms with van der Waals surface area (Å²) in [5.74, 6) is -3.00. The van der Waals surface area contributed by atoms with E-state index >= 15 is 19.2 Å². The largest absolute Gasteiger partial charge is 0.482 e. The van der Waals surface area contributed by atoms with Crippen LogP contribution >= 0.6 is 0 Å². The van der Waals surface area contributed by atoms with Gasteiger partial charge in [-0.1, -0.05) is 303 Å². The molecule has 12 aromatic rings. The van der Waals surface area contributed by atoms with Crippen LogP contribution in [0, 0.1) is 13.8 Å². The first kappa shape index (κ1) is 103. The van der Waals surface area contributed by atoms with Crippen LogP contribution in [0.2, 0.25) is 0 Å². The van der Waals surface area contributed by atoms with Gasteiger partial charge < -0.3 is 97.4 Å². The zero-order chi connectivity index (χ0) is 96.1. The number of carbonyl (C=O) groups excluding carboxylic acids is 3. The van der Waals surface area contributed by atoms with Crippen molar-refractivity contribution in [2.75, 3.05) is 99.0 Å². The molecule has 0 amide bonds. The lowest BCUT2D eigenvalue weighted by Gasteiger charge is -2.35. The molecule has 26 nitrogen and oxygen atoms in total. The maximum absolute atomic E-state index is 16.3. The Bertz CT molecular complexity index is 4960. The molecule has 4 unspecified atom stereocenters. The van der Waals surface area contributed by atoms with E-state index in [0.29, 0.717) is 17.5 Å². The second-order valence-corrected chi connectivity index (χ2v) is 34.4. The summed E-state index contributed by atoms with van der Waals surface area (Å²) in [6.45, 7) is 4.48. The molecule has 138 heavy (non-hydrogen) atoms. The maximum Gasteiger partial charge on any atom is 0.324 e. The van der Waals surface area contributed by atoms with E-state index in [9.17, 15) is 4.79 Å². The number of nitrogens with zero attached hydrogens (tertiary/aromatic N) is 3. The lowest BCUT2D eigenvalue weighted by molar-refractivity contribution is -0.149.